The molecule has 0 radical (unpaired) electrons. The predicted octanol–water partition coefficient (Wildman–Crippen LogP) is 2.40. The maximum atomic E-state index is 12.0. The van der Waals surface area contributed by atoms with E-state index in [1.807, 2.05) is 0 Å². The van der Waals surface area contributed by atoms with Crippen molar-refractivity contribution in [2.45, 2.75) is 12.7 Å². The number of rotatable bonds is 1. The van der Waals surface area contributed by atoms with Gasteiger partial charge in [-0.15, -0.1) is 24.8 Å². The maximum absolute atomic E-state index is 12.0. The smallest absolute Gasteiger partial charge is 0.325 e. The number of nitrogens with zero attached hydrogens (tertiary/aromatic N) is 1. The van der Waals surface area contributed by atoms with Crippen molar-refractivity contribution in [3.63, 3.8) is 0 Å². The van der Waals surface area contributed by atoms with Crippen LogP contribution in [0.5, 0.6) is 0 Å². The fraction of sp³-hybridized carbons (Fsp3) is 0.286. The van der Waals surface area contributed by atoms with Gasteiger partial charge < -0.3 is 5.73 Å². The first-order chi connectivity index (χ1) is 5.54. The van der Waals surface area contributed by atoms with Gasteiger partial charge in [-0.2, -0.15) is 13.2 Å². The zero-order chi connectivity index (χ0) is 9.19. The summed E-state index contributed by atoms with van der Waals surface area (Å²) in [5.74, 6) is 0. The molecule has 0 bridgehead atoms. The lowest BCUT2D eigenvalue weighted by Crippen LogP contribution is -2.10. The zero-order valence-electron chi connectivity index (χ0n) is 6.91. The van der Waals surface area contributed by atoms with Gasteiger partial charge in [0.1, 0.15) is 5.69 Å². The molecule has 0 spiro atoms. The molecule has 1 heterocycles. The van der Waals surface area contributed by atoms with E-state index in [-0.39, 0.29) is 37.1 Å². The molecule has 0 unspecified atom stereocenters. The van der Waals surface area contributed by atoms with E-state index in [1.54, 1.807) is 0 Å². The van der Waals surface area contributed by atoms with Crippen molar-refractivity contribution in [3.8, 4) is 0 Å². The summed E-state index contributed by atoms with van der Waals surface area (Å²) in [7, 11) is 0. The molecule has 0 amide bonds. The Labute approximate surface area is 91.5 Å². The minimum absolute atomic E-state index is 0. The third-order valence-electron chi connectivity index (χ3n) is 1.31. The van der Waals surface area contributed by atoms with Crippen LogP contribution in [0.1, 0.15) is 11.4 Å². The van der Waals surface area contributed by atoms with Crippen LogP contribution in [0.15, 0.2) is 18.2 Å². The molecule has 0 saturated heterocycles. The molecule has 82 valence electrons. The van der Waals surface area contributed by atoms with Crippen molar-refractivity contribution >= 4 is 24.8 Å². The highest BCUT2D eigenvalue weighted by Crippen LogP contribution is 2.27. The fourth-order valence-corrected chi connectivity index (χ4v) is 0.751. The Balaban J connectivity index is 0. The molecule has 0 aliphatic rings. The normalized spacial score (nSPS) is 10.0. The Morgan fingerprint density at radius 2 is 1.79 bits per heavy atom. The first-order valence-corrected chi connectivity index (χ1v) is 3.27. The van der Waals surface area contributed by atoms with E-state index in [0.717, 1.165) is 6.07 Å². The third-order valence-corrected chi connectivity index (χ3v) is 1.31. The van der Waals surface area contributed by atoms with Crippen molar-refractivity contribution in [1.82, 2.24) is 4.98 Å². The van der Waals surface area contributed by atoms with E-state index < -0.39 is 11.9 Å². The highest BCUT2D eigenvalue weighted by atomic mass is 35.5. The summed E-state index contributed by atoms with van der Waals surface area (Å²) in [6.07, 6.45) is -4.38. The topological polar surface area (TPSA) is 38.9 Å². The molecule has 14 heavy (non-hydrogen) atoms. The summed E-state index contributed by atoms with van der Waals surface area (Å²) in [6.45, 7) is 0.0178. The standard InChI is InChI=1S/C7H7F3N2.2ClH/c8-7(9,10)6-3-1-2-5(4-11)12-6;;/h1-3H,4,11H2;2*1H. The Kier molecular flexibility index (Phi) is 6.89. The second-order valence-electron chi connectivity index (χ2n) is 2.22. The number of halogens is 5. The van der Waals surface area contributed by atoms with E-state index >= 15 is 0 Å². The van der Waals surface area contributed by atoms with Crippen LogP contribution in [0.3, 0.4) is 0 Å². The third kappa shape index (κ3) is 4.13. The van der Waals surface area contributed by atoms with Gasteiger partial charge in [-0.1, -0.05) is 6.07 Å². The summed E-state index contributed by atoms with van der Waals surface area (Å²) < 4.78 is 36.0. The van der Waals surface area contributed by atoms with E-state index in [0.29, 0.717) is 0 Å². The van der Waals surface area contributed by atoms with E-state index in [9.17, 15) is 13.2 Å². The van der Waals surface area contributed by atoms with Gasteiger partial charge in [-0.25, -0.2) is 4.98 Å². The van der Waals surface area contributed by atoms with Crippen LogP contribution < -0.4 is 5.73 Å². The maximum Gasteiger partial charge on any atom is 0.433 e. The largest absolute Gasteiger partial charge is 0.433 e. The number of alkyl halides is 3. The lowest BCUT2D eigenvalue weighted by molar-refractivity contribution is -0.141. The van der Waals surface area contributed by atoms with Crippen LogP contribution >= 0.6 is 24.8 Å². The molecule has 1 rings (SSSR count). The highest BCUT2D eigenvalue weighted by molar-refractivity contribution is 5.85. The second-order valence-corrected chi connectivity index (χ2v) is 2.22. The monoisotopic (exact) mass is 248 g/mol. The average molecular weight is 249 g/mol. The van der Waals surface area contributed by atoms with E-state index in [2.05, 4.69) is 4.98 Å². The Morgan fingerprint density at radius 1 is 1.21 bits per heavy atom. The quantitative estimate of drug-likeness (QED) is 0.829. The summed E-state index contributed by atoms with van der Waals surface area (Å²) in [5, 5.41) is 0. The number of hydrogen-bond acceptors (Lipinski definition) is 2. The van der Waals surface area contributed by atoms with E-state index in [1.165, 1.54) is 12.1 Å². The molecule has 0 atom stereocenters. The van der Waals surface area contributed by atoms with Gasteiger partial charge >= 0.3 is 6.18 Å². The molecule has 0 aliphatic heterocycles. The van der Waals surface area contributed by atoms with Crippen molar-refractivity contribution in [1.29, 1.82) is 0 Å². The van der Waals surface area contributed by atoms with E-state index in [4.69, 9.17) is 5.73 Å². The number of pyridine rings is 1. The van der Waals surface area contributed by atoms with Gasteiger partial charge in [0.15, 0.2) is 0 Å². The molecular weight excluding hydrogens is 240 g/mol. The van der Waals surface area contributed by atoms with Crippen molar-refractivity contribution in [2.24, 2.45) is 5.73 Å². The zero-order valence-corrected chi connectivity index (χ0v) is 8.55. The SMILES string of the molecule is Cl.Cl.NCc1cccc(C(F)(F)F)n1. The number of aromatic nitrogens is 1. The molecule has 1 aromatic heterocycles. The Morgan fingerprint density at radius 3 is 2.21 bits per heavy atom. The molecular formula is C7H9Cl2F3N2. The molecule has 1 aromatic rings. The summed E-state index contributed by atoms with van der Waals surface area (Å²) >= 11 is 0. The fourth-order valence-electron chi connectivity index (χ4n) is 0.751. The molecule has 0 aliphatic carbocycles. The van der Waals surface area contributed by atoms with Gasteiger partial charge in [0.25, 0.3) is 0 Å². The van der Waals surface area contributed by atoms with Crippen molar-refractivity contribution < 1.29 is 13.2 Å². The van der Waals surface area contributed by atoms with Crippen LogP contribution in [0, 0.1) is 0 Å². The van der Waals surface area contributed by atoms with Crippen LogP contribution in [0.25, 0.3) is 0 Å². The number of nitrogens with two attached hydrogens (primary N) is 1. The molecule has 0 fully saturated rings. The molecule has 2 N–H and O–H groups in total. The van der Waals surface area contributed by atoms with Crippen LogP contribution in [0.2, 0.25) is 0 Å². The van der Waals surface area contributed by atoms with Crippen molar-refractivity contribution in [2.75, 3.05) is 0 Å². The van der Waals surface area contributed by atoms with Crippen molar-refractivity contribution in [3.05, 3.63) is 29.6 Å². The minimum Gasteiger partial charge on any atom is -0.325 e. The summed E-state index contributed by atoms with van der Waals surface area (Å²) in [6, 6.07) is 3.66. The first kappa shape index (κ1) is 15.9. The van der Waals surface area contributed by atoms with Gasteiger partial charge in [0.2, 0.25) is 0 Å². The molecule has 0 saturated carbocycles. The van der Waals surface area contributed by atoms with Gasteiger partial charge in [-0.05, 0) is 12.1 Å². The molecule has 7 heteroatoms. The van der Waals surface area contributed by atoms with Gasteiger partial charge in [0, 0.05) is 6.54 Å². The van der Waals surface area contributed by atoms with Crippen LogP contribution in [-0.2, 0) is 12.7 Å². The minimum atomic E-state index is -4.38. The Hall–Kier alpha value is -0.520. The lowest BCUT2D eigenvalue weighted by Gasteiger charge is -2.05. The molecule has 2 nitrogen and oxygen atoms in total. The second kappa shape index (κ2) is 6.06. The lowest BCUT2D eigenvalue weighted by atomic mass is 10.3. The average Bonchev–Trinajstić information content (AvgIpc) is 2.03. The Bertz CT molecular complexity index is 278. The van der Waals surface area contributed by atoms with Crippen LogP contribution in [0.4, 0.5) is 13.2 Å². The molecule has 0 aromatic carbocycles. The van der Waals surface area contributed by atoms with Gasteiger partial charge in [0.05, 0.1) is 5.69 Å². The van der Waals surface area contributed by atoms with Crippen LogP contribution in [-0.4, -0.2) is 4.98 Å². The summed E-state index contributed by atoms with van der Waals surface area (Å²) in [4.78, 5) is 3.31. The van der Waals surface area contributed by atoms with Gasteiger partial charge in [-0.3, -0.25) is 0 Å². The summed E-state index contributed by atoms with van der Waals surface area (Å²) in [5.41, 5.74) is 4.47. The predicted molar refractivity (Wildman–Crippen MR) is 51.6 cm³/mol. The first-order valence-electron chi connectivity index (χ1n) is 3.27. The number of hydrogen-bond donors (Lipinski definition) is 1. The highest BCUT2D eigenvalue weighted by Gasteiger charge is 2.32.